The Labute approximate surface area is 151 Å². The lowest BCUT2D eigenvalue weighted by Gasteiger charge is -2.24. The van der Waals surface area contributed by atoms with Gasteiger partial charge in [0.05, 0.1) is 0 Å². The molecule has 6 heteroatoms. The third kappa shape index (κ3) is 8.42. The number of aliphatic imine (C=N–C) groups is 1. The number of nitrogens with zero attached hydrogens (tertiary/aromatic N) is 2. The minimum absolute atomic E-state index is 0.318. The van der Waals surface area contributed by atoms with Gasteiger partial charge in [-0.3, -0.25) is 4.99 Å². The lowest BCUT2D eigenvalue weighted by Crippen LogP contribution is -2.40. The number of hydrogen-bond donors (Lipinski definition) is 2. The van der Waals surface area contributed by atoms with Gasteiger partial charge in [0.25, 0.3) is 0 Å². The summed E-state index contributed by atoms with van der Waals surface area (Å²) in [6, 6.07) is 8.48. The van der Waals surface area contributed by atoms with E-state index >= 15 is 0 Å². The highest BCUT2D eigenvalue weighted by molar-refractivity contribution is 5.79. The molecule has 1 amide bonds. The van der Waals surface area contributed by atoms with Crippen molar-refractivity contribution in [1.29, 1.82) is 0 Å². The van der Waals surface area contributed by atoms with E-state index in [0.29, 0.717) is 19.1 Å². The van der Waals surface area contributed by atoms with Gasteiger partial charge in [0.15, 0.2) is 5.96 Å². The van der Waals surface area contributed by atoms with Crippen molar-refractivity contribution >= 4 is 12.1 Å². The minimum Gasteiger partial charge on any atom is -0.444 e. The molecule has 0 heterocycles. The number of hydrogen-bond acceptors (Lipinski definition) is 3. The molecule has 0 aliphatic heterocycles. The van der Waals surface area contributed by atoms with Crippen LogP contribution in [0.3, 0.4) is 0 Å². The van der Waals surface area contributed by atoms with Crippen LogP contribution in [0.1, 0.15) is 45.7 Å². The van der Waals surface area contributed by atoms with Crippen LogP contribution in [0.4, 0.5) is 4.79 Å². The minimum atomic E-state index is -0.483. The predicted molar refractivity (Wildman–Crippen MR) is 103 cm³/mol. The molecule has 0 aliphatic rings. The second-order valence-corrected chi connectivity index (χ2v) is 7.38. The zero-order valence-corrected chi connectivity index (χ0v) is 16.5. The first-order chi connectivity index (χ1) is 11.6. The third-order valence-corrected chi connectivity index (χ3v) is 3.26. The van der Waals surface area contributed by atoms with Crippen molar-refractivity contribution < 1.29 is 9.53 Å². The topological polar surface area (TPSA) is 66.0 Å². The molecule has 0 aliphatic carbocycles. The van der Waals surface area contributed by atoms with Gasteiger partial charge in [-0.25, -0.2) is 4.79 Å². The van der Waals surface area contributed by atoms with Gasteiger partial charge in [-0.1, -0.05) is 24.3 Å². The smallest absolute Gasteiger partial charge is 0.410 e. The highest BCUT2D eigenvalue weighted by Gasteiger charge is 2.19. The molecule has 0 bridgehead atoms. The number of carbonyl (C=O) groups is 1. The molecule has 0 unspecified atom stereocenters. The molecule has 6 nitrogen and oxygen atoms in total. The van der Waals surface area contributed by atoms with Crippen LogP contribution in [0, 0.1) is 0 Å². The second kappa shape index (κ2) is 9.30. The van der Waals surface area contributed by atoms with Gasteiger partial charge in [0, 0.05) is 33.2 Å². The standard InChI is InChI=1S/C19H32N4O2/c1-14(2)22-17(20-6)21-12-15-8-10-16(11-9-15)13-23(7)18(24)25-19(3,4)5/h8-11,14H,12-13H2,1-7H3,(H2,20,21,22). The van der Waals surface area contributed by atoms with Crippen molar-refractivity contribution in [1.82, 2.24) is 15.5 Å². The summed E-state index contributed by atoms with van der Waals surface area (Å²) in [4.78, 5) is 17.8. The number of carbonyl (C=O) groups excluding carboxylic acids is 1. The van der Waals surface area contributed by atoms with Crippen molar-refractivity contribution in [3.8, 4) is 0 Å². The summed E-state index contributed by atoms with van der Waals surface area (Å²) in [5.74, 6) is 0.781. The van der Waals surface area contributed by atoms with Gasteiger partial charge in [0.2, 0.25) is 0 Å². The van der Waals surface area contributed by atoms with E-state index in [4.69, 9.17) is 4.74 Å². The lowest BCUT2D eigenvalue weighted by atomic mass is 10.1. The van der Waals surface area contributed by atoms with Crippen molar-refractivity contribution in [2.75, 3.05) is 14.1 Å². The molecule has 25 heavy (non-hydrogen) atoms. The molecular formula is C19H32N4O2. The monoisotopic (exact) mass is 348 g/mol. The van der Waals surface area contributed by atoms with Crippen LogP contribution in [0.5, 0.6) is 0 Å². The first-order valence-corrected chi connectivity index (χ1v) is 8.60. The van der Waals surface area contributed by atoms with Gasteiger partial charge in [0.1, 0.15) is 5.60 Å². The predicted octanol–water partition coefficient (Wildman–Crippen LogP) is 3.13. The molecule has 2 N–H and O–H groups in total. The van der Waals surface area contributed by atoms with Crippen LogP contribution in [-0.4, -0.2) is 42.7 Å². The van der Waals surface area contributed by atoms with Crippen molar-refractivity contribution in [2.24, 2.45) is 4.99 Å². The van der Waals surface area contributed by atoms with Crippen LogP contribution in [-0.2, 0) is 17.8 Å². The maximum Gasteiger partial charge on any atom is 0.410 e. The van der Waals surface area contributed by atoms with Gasteiger partial charge >= 0.3 is 6.09 Å². The van der Waals surface area contributed by atoms with E-state index in [0.717, 1.165) is 17.1 Å². The fourth-order valence-electron chi connectivity index (χ4n) is 2.09. The van der Waals surface area contributed by atoms with Crippen molar-refractivity contribution in [3.63, 3.8) is 0 Å². The van der Waals surface area contributed by atoms with Gasteiger partial charge in [-0.15, -0.1) is 0 Å². The zero-order valence-electron chi connectivity index (χ0n) is 16.5. The molecule has 1 aromatic carbocycles. The maximum absolute atomic E-state index is 12.0. The van der Waals surface area contributed by atoms with E-state index in [-0.39, 0.29) is 6.09 Å². The van der Waals surface area contributed by atoms with E-state index in [1.807, 2.05) is 45.0 Å². The number of ether oxygens (including phenoxy) is 1. The molecule has 0 fully saturated rings. The largest absolute Gasteiger partial charge is 0.444 e. The first kappa shape index (κ1) is 20.8. The Hall–Kier alpha value is -2.24. The number of benzene rings is 1. The Bertz CT molecular complexity index is 574. The van der Waals surface area contributed by atoms with Crippen LogP contribution in [0.15, 0.2) is 29.3 Å². The quantitative estimate of drug-likeness (QED) is 0.634. The number of guanidine groups is 1. The van der Waals surface area contributed by atoms with E-state index in [9.17, 15) is 4.79 Å². The SMILES string of the molecule is CN=C(NCc1ccc(CN(C)C(=O)OC(C)(C)C)cc1)NC(C)C. The average molecular weight is 348 g/mol. The zero-order chi connectivity index (χ0) is 19.0. The van der Waals surface area contributed by atoms with Crippen LogP contribution < -0.4 is 10.6 Å². The first-order valence-electron chi connectivity index (χ1n) is 8.60. The highest BCUT2D eigenvalue weighted by Crippen LogP contribution is 2.12. The summed E-state index contributed by atoms with van der Waals surface area (Å²) >= 11 is 0. The molecule has 0 aromatic heterocycles. The third-order valence-electron chi connectivity index (χ3n) is 3.26. The molecule has 0 saturated heterocycles. The summed E-state index contributed by atoms with van der Waals surface area (Å²) in [7, 11) is 3.50. The molecule has 0 spiro atoms. The Morgan fingerprint density at radius 1 is 1.20 bits per heavy atom. The summed E-state index contributed by atoms with van der Waals surface area (Å²) in [5.41, 5.74) is 1.72. The van der Waals surface area contributed by atoms with E-state index in [2.05, 4.69) is 29.5 Å². The van der Waals surface area contributed by atoms with Gasteiger partial charge in [-0.2, -0.15) is 0 Å². The van der Waals surface area contributed by atoms with E-state index < -0.39 is 5.60 Å². The Kier molecular flexibility index (Phi) is 7.74. The average Bonchev–Trinajstić information content (AvgIpc) is 2.50. The summed E-state index contributed by atoms with van der Waals surface area (Å²) in [5, 5.41) is 6.52. The van der Waals surface area contributed by atoms with Crippen LogP contribution >= 0.6 is 0 Å². The summed E-state index contributed by atoms with van der Waals surface area (Å²) < 4.78 is 5.36. The molecule has 1 rings (SSSR count). The Balaban J connectivity index is 2.54. The molecule has 0 saturated carbocycles. The van der Waals surface area contributed by atoms with Crippen LogP contribution in [0.2, 0.25) is 0 Å². The fraction of sp³-hybridized carbons (Fsp3) is 0.579. The fourth-order valence-corrected chi connectivity index (χ4v) is 2.09. The molecular weight excluding hydrogens is 316 g/mol. The van der Waals surface area contributed by atoms with Gasteiger partial charge < -0.3 is 20.3 Å². The van der Waals surface area contributed by atoms with E-state index in [1.54, 1.807) is 19.0 Å². The number of amides is 1. The maximum atomic E-state index is 12.0. The Morgan fingerprint density at radius 2 is 1.76 bits per heavy atom. The lowest BCUT2D eigenvalue weighted by molar-refractivity contribution is 0.0285. The molecule has 140 valence electrons. The number of rotatable bonds is 5. The van der Waals surface area contributed by atoms with Gasteiger partial charge in [-0.05, 0) is 45.7 Å². The molecule has 1 aromatic rings. The van der Waals surface area contributed by atoms with E-state index in [1.165, 1.54) is 0 Å². The highest BCUT2D eigenvalue weighted by atomic mass is 16.6. The second-order valence-electron chi connectivity index (χ2n) is 7.38. The molecule has 0 radical (unpaired) electrons. The Morgan fingerprint density at radius 3 is 2.24 bits per heavy atom. The summed E-state index contributed by atoms with van der Waals surface area (Å²) in [6.07, 6.45) is -0.318. The number of nitrogens with one attached hydrogen (secondary N) is 2. The van der Waals surface area contributed by atoms with Crippen molar-refractivity contribution in [2.45, 2.75) is 59.4 Å². The molecule has 0 atom stereocenters. The van der Waals surface area contributed by atoms with Crippen LogP contribution in [0.25, 0.3) is 0 Å². The van der Waals surface area contributed by atoms with Crippen molar-refractivity contribution in [3.05, 3.63) is 35.4 Å². The summed E-state index contributed by atoms with van der Waals surface area (Å²) in [6.45, 7) is 10.9. The normalized spacial score (nSPS) is 12.1.